The summed E-state index contributed by atoms with van der Waals surface area (Å²) in [4.78, 5) is 108. The number of aliphatic hydroxyl groups is 6. The molecule has 13 atom stereocenters. The maximum atomic E-state index is 14.6. The van der Waals surface area contributed by atoms with E-state index in [1.54, 1.807) is 29.5 Å². The van der Waals surface area contributed by atoms with Gasteiger partial charge in [0.2, 0.25) is 35.4 Å². The standard InChI is InChI=1S/C56H69N9O18S2/c1-4-5-6-7-44-58-25-43(84-44)33-13-9-31(10-14-33)32-11-15-34(16-12-32)50(73)60-37-22-35(67)24-59-54(77)48-49(72)28(2)26-65(48)56(79)47(40(70)18-19-57)63-53(76)46(41(71)20-30-8-17-39(69)42(21-30)81-85-83-82-80)62-52(75)38-23-36(68)27-64(38)55(78)45(29(3)66)61-51(37)74/h8-17,21,25,28-29,35-38,40-41,45-49,66-72,80H,4-7,18,20,22-24,26-27H2,1-3H3,(H,59,77)(H,60,73)(H,61,74)(H,62,75)(H,63,76)/t28-,29+,35+,36+,37+,38+,40-,41-,45+,46+,47+,48+,49+/m1/s1. The van der Waals surface area contributed by atoms with Crippen LogP contribution in [0.2, 0.25) is 0 Å². The smallest absolute Gasteiger partial charge is 0.261 e. The number of carbonyl (C=O) groups excluding carboxylic acids is 7. The van der Waals surface area contributed by atoms with Gasteiger partial charge >= 0.3 is 0 Å². The normalized spacial score (nSPS) is 25.7. The Bertz CT molecular complexity index is 3040. The third-order valence-corrected chi connectivity index (χ3v) is 16.4. The van der Waals surface area contributed by atoms with E-state index in [9.17, 15) is 74.6 Å². The number of aliphatic hydroxyl groups excluding tert-OH is 6. The predicted octanol–water partition coefficient (Wildman–Crippen LogP) is 0.141. The highest BCUT2D eigenvalue weighted by Gasteiger charge is 2.50. The molecule has 0 unspecified atom stereocenters. The number of aryl methyl sites for hydroxylation is 1. The molecule has 0 radical (unpaired) electrons. The maximum Gasteiger partial charge on any atom is 0.261 e. The molecule has 13 N–H and O–H groups in total. The molecule has 0 saturated carbocycles. The summed E-state index contributed by atoms with van der Waals surface area (Å²) in [6.45, 7) is 3.16. The lowest BCUT2D eigenvalue weighted by Crippen LogP contribution is -2.64. The van der Waals surface area contributed by atoms with Gasteiger partial charge in [-0.2, -0.15) is 5.26 Å². The van der Waals surface area contributed by atoms with Gasteiger partial charge in [0.15, 0.2) is 11.5 Å². The van der Waals surface area contributed by atoms with E-state index < -0.39 is 165 Å². The van der Waals surface area contributed by atoms with Crippen molar-refractivity contribution in [2.45, 2.75) is 145 Å². The second kappa shape index (κ2) is 30.1. The Morgan fingerprint density at radius 1 is 0.824 bits per heavy atom. The third kappa shape index (κ3) is 16.6. The molecule has 3 aromatic carbocycles. The van der Waals surface area contributed by atoms with E-state index in [2.05, 4.69) is 47.9 Å². The molecule has 0 aliphatic carbocycles. The van der Waals surface area contributed by atoms with Crippen LogP contribution in [-0.2, 0) is 51.0 Å². The van der Waals surface area contributed by atoms with Crippen molar-refractivity contribution in [2.75, 3.05) is 19.6 Å². The molecule has 3 fully saturated rings. The fraction of sp³-hybridized carbons (Fsp3) is 0.482. The maximum absolute atomic E-state index is 14.6. The van der Waals surface area contributed by atoms with Gasteiger partial charge in [0, 0.05) is 56.6 Å². The molecule has 0 spiro atoms. The van der Waals surface area contributed by atoms with Gasteiger partial charge < -0.3 is 76.3 Å². The highest BCUT2D eigenvalue weighted by molar-refractivity contribution is 7.90. The van der Waals surface area contributed by atoms with E-state index >= 15 is 0 Å². The van der Waals surface area contributed by atoms with Crippen LogP contribution in [0, 0.1) is 17.2 Å². The molecule has 4 heterocycles. The number of rotatable bonds is 18. The zero-order valence-electron chi connectivity index (χ0n) is 46.5. The molecule has 7 rings (SSSR count). The summed E-state index contributed by atoms with van der Waals surface area (Å²) in [5, 5.41) is 113. The van der Waals surface area contributed by atoms with Crippen LogP contribution in [0.25, 0.3) is 21.6 Å². The highest BCUT2D eigenvalue weighted by atomic mass is 32.2. The fourth-order valence-corrected chi connectivity index (χ4v) is 11.5. The number of aromatic hydroxyl groups is 1. The first-order chi connectivity index (χ1) is 40.6. The lowest BCUT2D eigenvalue weighted by Gasteiger charge is -2.33. The number of hydrogen-bond donors (Lipinski definition) is 13. The minimum Gasteiger partial charge on any atom is -0.504 e. The zero-order chi connectivity index (χ0) is 61.6. The van der Waals surface area contributed by atoms with Gasteiger partial charge in [-0.3, -0.25) is 33.6 Å². The lowest BCUT2D eigenvalue weighted by molar-refractivity contribution is -0.433. The van der Waals surface area contributed by atoms with Crippen molar-refractivity contribution in [1.29, 1.82) is 5.26 Å². The molecule has 7 amide bonds. The Kier molecular flexibility index (Phi) is 23.1. The Morgan fingerprint density at radius 2 is 1.48 bits per heavy atom. The molecular formula is C56H69N9O18S2. The molecule has 3 aliphatic rings. The summed E-state index contributed by atoms with van der Waals surface area (Å²) < 4.78 is 9.30. The number of phenols is 1. The molecule has 4 aromatic rings. The van der Waals surface area contributed by atoms with Crippen LogP contribution in [0.15, 0.2) is 72.9 Å². The summed E-state index contributed by atoms with van der Waals surface area (Å²) in [5.74, 6) is -9.55. The lowest BCUT2D eigenvalue weighted by atomic mass is 9.98. The number of thiazole rings is 1. The van der Waals surface area contributed by atoms with Crippen molar-refractivity contribution in [1.82, 2.24) is 41.4 Å². The Labute approximate surface area is 496 Å². The molecule has 0 bridgehead atoms. The number of aromatic nitrogens is 1. The quantitative estimate of drug-likeness (QED) is 0.0273. The van der Waals surface area contributed by atoms with E-state index in [1.165, 1.54) is 25.1 Å². The van der Waals surface area contributed by atoms with Gasteiger partial charge in [-0.1, -0.05) is 78.5 Å². The van der Waals surface area contributed by atoms with E-state index in [0.29, 0.717) is 0 Å². The summed E-state index contributed by atoms with van der Waals surface area (Å²) in [7, 11) is 0. The molecule has 85 heavy (non-hydrogen) atoms. The van der Waals surface area contributed by atoms with Gasteiger partial charge in [0.05, 0.1) is 59.0 Å². The predicted molar refractivity (Wildman–Crippen MR) is 302 cm³/mol. The van der Waals surface area contributed by atoms with Gasteiger partial charge in [-0.15, -0.1) is 11.3 Å². The van der Waals surface area contributed by atoms with Gasteiger partial charge in [-0.25, -0.2) is 10.2 Å². The summed E-state index contributed by atoms with van der Waals surface area (Å²) in [6.07, 6.45) is -6.93. The van der Waals surface area contributed by atoms with E-state index in [1.807, 2.05) is 30.5 Å². The van der Waals surface area contributed by atoms with Crippen LogP contribution in [0.1, 0.15) is 80.2 Å². The minimum atomic E-state index is -2.15. The fourth-order valence-electron chi connectivity index (χ4n) is 10.3. The number of phenolic OH excluding ortho intramolecular Hbond substituents is 1. The monoisotopic (exact) mass is 1220 g/mol. The largest absolute Gasteiger partial charge is 0.504 e. The van der Waals surface area contributed by atoms with Crippen molar-refractivity contribution in [3.8, 4) is 39.1 Å². The second-order valence-corrected chi connectivity index (χ2v) is 22.7. The number of fused-ring (bicyclic) bond motifs is 2. The number of unbranched alkanes of at least 4 members (excludes halogenated alkanes) is 2. The first kappa shape index (κ1) is 65.2. The van der Waals surface area contributed by atoms with Crippen molar-refractivity contribution >= 4 is 65.0 Å². The summed E-state index contributed by atoms with van der Waals surface area (Å²) in [6, 6.07) is 8.05. The Morgan fingerprint density at radius 3 is 2.15 bits per heavy atom. The molecule has 3 saturated heterocycles. The molecule has 458 valence electrons. The van der Waals surface area contributed by atoms with Crippen molar-refractivity contribution < 1.29 is 88.1 Å². The number of nitrogens with one attached hydrogen (secondary N) is 5. The van der Waals surface area contributed by atoms with E-state index in [-0.39, 0.29) is 35.7 Å². The van der Waals surface area contributed by atoms with Gasteiger partial charge in [0.1, 0.15) is 36.3 Å². The summed E-state index contributed by atoms with van der Waals surface area (Å²) in [5.41, 5.74) is 2.74. The van der Waals surface area contributed by atoms with Crippen molar-refractivity contribution in [2.24, 2.45) is 5.92 Å². The number of hydrogen-bond acceptors (Lipinski definition) is 22. The first-order valence-electron chi connectivity index (χ1n) is 27.5. The number of benzene rings is 3. The van der Waals surface area contributed by atoms with Crippen LogP contribution in [-0.4, -0.2) is 190 Å². The average Bonchev–Trinajstić information content (AvgIpc) is 2.14. The molecule has 3 aliphatic heterocycles. The zero-order valence-corrected chi connectivity index (χ0v) is 48.1. The van der Waals surface area contributed by atoms with Crippen LogP contribution < -0.4 is 30.8 Å². The van der Waals surface area contributed by atoms with E-state index in [4.69, 9.17) is 9.44 Å². The highest BCUT2D eigenvalue weighted by Crippen LogP contribution is 2.33. The average molecular weight is 1220 g/mol. The SMILES string of the molecule is CCCCCc1ncc(-c2ccc(-c3ccc(C(=O)N[C@H]4C[C@H](O)CNC(=O)[C@@H]5[C@@H](O)[C@H](C)CN5C(=O)[C@H]([C@H](O)CC#N)NC(=O)[C@H]([C@H](O)Cc5ccc(O)c(OSOOO)c5)NC(=O)[C@@H]5C[C@H](O)CN5C(=O)[C@H]([C@H](C)O)NC4=O)cc3)cc2)s1. The Hall–Kier alpha value is -7.34. The number of nitriles is 1. The first-order valence-corrected chi connectivity index (χ1v) is 29.0. The van der Waals surface area contributed by atoms with Crippen LogP contribution in [0.5, 0.6) is 11.5 Å². The van der Waals surface area contributed by atoms with Crippen LogP contribution >= 0.6 is 23.7 Å². The number of carbonyl (C=O) groups is 7. The number of nitrogens with zero attached hydrogens (tertiary/aromatic N) is 4. The topological polar surface area (TPSA) is 412 Å². The van der Waals surface area contributed by atoms with Gasteiger partial charge in [-0.05, 0) is 66.3 Å². The molecule has 29 heteroatoms. The minimum absolute atomic E-state index is 0.0612. The second-order valence-electron chi connectivity index (χ2n) is 21.2. The van der Waals surface area contributed by atoms with Crippen LogP contribution in [0.4, 0.5) is 0 Å². The van der Waals surface area contributed by atoms with E-state index in [0.717, 1.165) is 81.1 Å². The number of amides is 7. The molecular weight excluding hydrogens is 1150 g/mol. The molecule has 27 nitrogen and oxygen atoms in total. The summed E-state index contributed by atoms with van der Waals surface area (Å²) >= 11 is 1.71. The third-order valence-electron chi connectivity index (χ3n) is 14.9. The van der Waals surface area contributed by atoms with Crippen LogP contribution in [0.3, 0.4) is 0 Å². The number of β-amino-alcohol motifs (C(OH)–C–C–N with tert-alkyl or cyclic N) is 1. The Balaban J connectivity index is 1.19. The van der Waals surface area contributed by atoms with Crippen molar-refractivity contribution in [3.05, 3.63) is 89.1 Å². The van der Waals surface area contributed by atoms with Gasteiger partial charge in [0.25, 0.3) is 18.2 Å². The molecule has 1 aromatic heterocycles. The van der Waals surface area contributed by atoms with Crippen molar-refractivity contribution in [3.63, 3.8) is 0 Å².